The summed E-state index contributed by atoms with van der Waals surface area (Å²) in [6.45, 7) is 2.37. The fourth-order valence-corrected chi connectivity index (χ4v) is 5.07. The topological polar surface area (TPSA) is 70.1 Å². The second-order valence-corrected chi connectivity index (χ2v) is 10.0. The third-order valence-corrected chi connectivity index (χ3v) is 7.23. The molecule has 2 bridgehead atoms. The third-order valence-electron chi connectivity index (χ3n) is 7.23. The molecule has 0 saturated heterocycles. The molecule has 0 N–H and O–H groups in total. The van der Waals surface area contributed by atoms with Gasteiger partial charge in [0.25, 0.3) is 0 Å². The van der Waals surface area contributed by atoms with Gasteiger partial charge in [-0.05, 0) is 64.6 Å². The van der Waals surface area contributed by atoms with Crippen LogP contribution in [0.5, 0.6) is 17.2 Å². The van der Waals surface area contributed by atoms with Crippen LogP contribution in [0.15, 0.2) is 85.2 Å². The van der Waals surface area contributed by atoms with E-state index in [0.29, 0.717) is 63.7 Å². The lowest BCUT2D eigenvalue weighted by molar-refractivity contribution is -0.132. The van der Waals surface area contributed by atoms with Crippen LogP contribution in [0.3, 0.4) is 0 Å². The number of aromatic nitrogens is 1. The fourth-order valence-electron chi connectivity index (χ4n) is 5.07. The first-order valence-corrected chi connectivity index (χ1v) is 13.9. The Morgan fingerprint density at radius 2 is 1.76 bits per heavy atom. The van der Waals surface area contributed by atoms with Gasteiger partial charge in [0, 0.05) is 43.9 Å². The van der Waals surface area contributed by atoms with Gasteiger partial charge in [0.05, 0.1) is 27.4 Å². The number of carbonyl (C=O) groups is 1. The molecule has 4 aromatic rings. The van der Waals surface area contributed by atoms with Gasteiger partial charge in [-0.2, -0.15) is 0 Å². The number of aryl methyl sites for hydroxylation is 1. The van der Waals surface area contributed by atoms with Crippen LogP contribution in [0.4, 0.5) is 0 Å². The Bertz CT molecular complexity index is 1460. The Kier molecular flexibility index (Phi) is 9.49. The Labute approximate surface area is 241 Å². The van der Waals surface area contributed by atoms with Crippen LogP contribution in [0, 0.1) is 0 Å². The zero-order valence-corrected chi connectivity index (χ0v) is 23.7. The summed E-state index contributed by atoms with van der Waals surface area (Å²) in [5.74, 6) is 2.28. The van der Waals surface area contributed by atoms with E-state index < -0.39 is 0 Å². The summed E-state index contributed by atoms with van der Waals surface area (Å²) in [7, 11) is 3.23. The normalized spacial score (nSPS) is 13.9. The maximum absolute atomic E-state index is 13.4. The van der Waals surface area contributed by atoms with Crippen molar-refractivity contribution in [3.63, 3.8) is 0 Å². The van der Waals surface area contributed by atoms with Crippen molar-refractivity contribution >= 4 is 5.91 Å². The van der Waals surface area contributed by atoms with Crippen LogP contribution >= 0.6 is 0 Å². The smallest absolute Gasteiger partial charge is 0.223 e. The molecule has 7 heteroatoms. The number of amides is 1. The molecule has 0 fully saturated rings. The van der Waals surface area contributed by atoms with Gasteiger partial charge in [-0.25, -0.2) is 0 Å². The van der Waals surface area contributed by atoms with Gasteiger partial charge in [0.15, 0.2) is 11.5 Å². The van der Waals surface area contributed by atoms with E-state index >= 15 is 0 Å². The van der Waals surface area contributed by atoms with Gasteiger partial charge < -0.3 is 23.8 Å². The van der Waals surface area contributed by atoms with Crippen molar-refractivity contribution in [1.29, 1.82) is 0 Å². The van der Waals surface area contributed by atoms with E-state index in [1.807, 2.05) is 41.4 Å². The van der Waals surface area contributed by atoms with Crippen molar-refractivity contribution in [3.8, 4) is 28.4 Å². The molecule has 1 aromatic heterocycles. The van der Waals surface area contributed by atoms with Gasteiger partial charge in [-0.1, -0.05) is 42.5 Å². The zero-order valence-electron chi connectivity index (χ0n) is 23.7. The minimum Gasteiger partial charge on any atom is -0.493 e. The van der Waals surface area contributed by atoms with E-state index in [1.165, 1.54) is 5.56 Å². The molecular formula is C34H36N2O5. The number of ether oxygens (including phenoxy) is 4. The summed E-state index contributed by atoms with van der Waals surface area (Å²) in [5.41, 5.74) is 6.54. The largest absolute Gasteiger partial charge is 0.493 e. The van der Waals surface area contributed by atoms with E-state index in [4.69, 9.17) is 18.9 Å². The van der Waals surface area contributed by atoms with Crippen LogP contribution < -0.4 is 14.2 Å². The fraction of sp³-hybridized carbons (Fsp3) is 0.294. The third kappa shape index (κ3) is 7.44. The second kappa shape index (κ2) is 13.8. The number of pyridine rings is 1. The average Bonchev–Trinajstić information content (AvgIpc) is 3.01. The lowest BCUT2D eigenvalue weighted by atomic mass is 9.98. The lowest BCUT2D eigenvalue weighted by Gasteiger charge is -2.24. The Morgan fingerprint density at radius 3 is 2.59 bits per heavy atom. The molecule has 2 heterocycles. The van der Waals surface area contributed by atoms with E-state index in [2.05, 4.69) is 47.4 Å². The quantitative estimate of drug-likeness (QED) is 0.305. The maximum Gasteiger partial charge on any atom is 0.223 e. The second-order valence-electron chi connectivity index (χ2n) is 10.0. The first kappa shape index (κ1) is 28.2. The summed E-state index contributed by atoms with van der Waals surface area (Å²) in [6, 6.07) is 24.5. The number of nitrogens with zero attached hydrogens (tertiary/aromatic N) is 2. The van der Waals surface area contributed by atoms with Gasteiger partial charge in [-0.15, -0.1) is 0 Å². The highest BCUT2D eigenvalue weighted by atomic mass is 16.5. The molecule has 0 radical (unpaired) electrons. The molecule has 1 amide bonds. The van der Waals surface area contributed by atoms with Gasteiger partial charge in [0.2, 0.25) is 5.91 Å². The molecule has 41 heavy (non-hydrogen) atoms. The molecule has 0 saturated carbocycles. The van der Waals surface area contributed by atoms with Crippen molar-refractivity contribution in [1.82, 2.24) is 9.88 Å². The highest BCUT2D eigenvalue weighted by molar-refractivity contribution is 5.76. The zero-order chi connectivity index (χ0) is 28.4. The van der Waals surface area contributed by atoms with E-state index in [0.717, 1.165) is 33.6 Å². The van der Waals surface area contributed by atoms with Gasteiger partial charge >= 0.3 is 0 Å². The maximum atomic E-state index is 13.4. The van der Waals surface area contributed by atoms with Crippen molar-refractivity contribution in [2.45, 2.75) is 25.8 Å². The minimum absolute atomic E-state index is 0.0867. The van der Waals surface area contributed by atoms with E-state index in [-0.39, 0.29) is 5.91 Å². The van der Waals surface area contributed by atoms with Crippen molar-refractivity contribution in [3.05, 3.63) is 107 Å². The lowest BCUT2D eigenvalue weighted by Crippen LogP contribution is -2.34. The standard InChI is InChI=1S/C34H36N2O5/c1-38-32-11-8-25(21-33(32)39-2)9-13-34(37)36-15-16-40-17-18-41-31-12-10-28(29-7-4-14-35-23-29)22-30(31)20-26-5-3-6-27(19-26)24-36/h3-8,10-12,14,19,21-23H,9,13,15-18,20,24H2,1-2H3. The molecule has 3 aromatic carbocycles. The molecule has 0 atom stereocenters. The molecule has 212 valence electrons. The molecule has 5 rings (SSSR count). The Balaban J connectivity index is 1.33. The first-order chi connectivity index (χ1) is 20.1. The van der Waals surface area contributed by atoms with Crippen molar-refractivity contribution in [2.75, 3.05) is 40.6 Å². The van der Waals surface area contributed by atoms with Crippen molar-refractivity contribution in [2.24, 2.45) is 0 Å². The molecule has 7 nitrogen and oxygen atoms in total. The summed E-state index contributed by atoms with van der Waals surface area (Å²) in [6.07, 6.45) is 5.37. The van der Waals surface area contributed by atoms with Crippen LogP contribution in [0.2, 0.25) is 0 Å². The predicted molar refractivity (Wildman–Crippen MR) is 159 cm³/mol. The highest BCUT2D eigenvalue weighted by Crippen LogP contribution is 2.30. The average molecular weight is 553 g/mol. The number of benzene rings is 3. The number of hydrogen-bond acceptors (Lipinski definition) is 6. The summed E-state index contributed by atoms with van der Waals surface area (Å²) >= 11 is 0. The van der Waals surface area contributed by atoms with Crippen LogP contribution in [-0.2, 0) is 28.9 Å². The summed E-state index contributed by atoms with van der Waals surface area (Å²) in [5, 5.41) is 0. The Hall–Kier alpha value is -4.36. The van der Waals surface area contributed by atoms with Crippen molar-refractivity contribution < 1.29 is 23.7 Å². The Morgan fingerprint density at radius 1 is 0.878 bits per heavy atom. The minimum atomic E-state index is 0.0867. The van der Waals surface area contributed by atoms with E-state index in [9.17, 15) is 4.79 Å². The predicted octanol–water partition coefficient (Wildman–Crippen LogP) is 5.73. The number of methoxy groups -OCH3 is 2. The molecule has 0 unspecified atom stereocenters. The SMILES string of the molecule is COc1ccc(CCC(=O)N2CCOCCOc3ccc(-c4cccnc4)cc3Cc3cccc(c3)C2)cc1OC. The molecule has 1 aliphatic heterocycles. The number of carbonyl (C=O) groups excluding carboxylic acids is 1. The van der Waals surface area contributed by atoms with Gasteiger partial charge in [0.1, 0.15) is 12.4 Å². The first-order valence-electron chi connectivity index (χ1n) is 13.9. The number of rotatable bonds is 6. The highest BCUT2D eigenvalue weighted by Gasteiger charge is 2.17. The van der Waals surface area contributed by atoms with Crippen LogP contribution in [0.1, 0.15) is 28.7 Å². The van der Waals surface area contributed by atoms with Crippen LogP contribution in [0.25, 0.3) is 11.1 Å². The summed E-state index contributed by atoms with van der Waals surface area (Å²) in [4.78, 5) is 19.6. The van der Waals surface area contributed by atoms with E-state index in [1.54, 1.807) is 20.4 Å². The number of fused-ring (bicyclic) bond motifs is 3. The molecule has 1 aliphatic rings. The number of hydrogen-bond donors (Lipinski definition) is 0. The summed E-state index contributed by atoms with van der Waals surface area (Å²) < 4.78 is 22.8. The van der Waals surface area contributed by atoms with Crippen LogP contribution in [-0.4, -0.2) is 56.4 Å². The van der Waals surface area contributed by atoms with Gasteiger partial charge in [-0.3, -0.25) is 9.78 Å². The molecule has 0 aliphatic carbocycles. The molecular weight excluding hydrogens is 516 g/mol. The monoisotopic (exact) mass is 552 g/mol. The molecule has 0 spiro atoms.